The fourth-order valence-electron chi connectivity index (χ4n) is 0.643. The van der Waals surface area contributed by atoms with Crippen molar-refractivity contribution in [3.63, 3.8) is 0 Å². The van der Waals surface area contributed by atoms with E-state index in [1.54, 1.807) is 0 Å². The molecule has 7 nitrogen and oxygen atoms in total. The van der Waals surface area contributed by atoms with Crippen LogP contribution in [0, 0.1) is 0 Å². The molecule has 0 fully saturated rings. The fraction of sp³-hybridized carbons (Fsp3) is 1.00. The van der Waals surface area contributed by atoms with Gasteiger partial charge in [-0.2, -0.15) is 8.42 Å². The number of nitrogens with two attached hydrogens (primary N) is 1. The van der Waals surface area contributed by atoms with Crippen LogP contribution in [0.1, 0.15) is 12.8 Å². The molecule has 5 N–H and O–H groups in total. The van der Waals surface area contributed by atoms with Crippen molar-refractivity contribution in [3.8, 4) is 0 Å². The van der Waals surface area contributed by atoms with Crippen LogP contribution in [0.3, 0.4) is 0 Å². The second-order valence-corrected chi connectivity index (χ2v) is 6.00. The van der Waals surface area contributed by atoms with Crippen molar-refractivity contribution in [1.82, 2.24) is 0 Å². The first kappa shape index (κ1) is 13.0. The van der Waals surface area contributed by atoms with E-state index in [2.05, 4.69) is 0 Å². The zero-order valence-electron chi connectivity index (χ0n) is 6.70. The third kappa shape index (κ3) is 7.12. The van der Waals surface area contributed by atoms with Gasteiger partial charge < -0.3 is 15.5 Å². The maximum Gasteiger partial charge on any atom is 0.342 e. The monoisotopic (exact) mass is 233 g/mol. The smallest absolute Gasteiger partial charge is 0.323 e. The highest BCUT2D eigenvalue weighted by Gasteiger charge is 2.24. The molecule has 0 radical (unpaired) electrons. The summed E-state index contributed by atoms with van der Waals surface area (Å²) in [7, 11) is -8.41. The van der Waals surface area contributed by atoms with Crippen molar-refractivity contribution in [1.29, 1.82) is 0 Å². The summed E-state index contributed by atoms with van der Waals surface area (Å²) in [6, 6.07) is 0. The lowest BCUT2D eigenvalue weighted by atomic mass is 10.3. The molecule has 0 amide bonds. The molecule has 0 aromatic heterocycles. The molecule has 0 aromatic rings. The zero-order chi connectivity index (χ0) is 10.7. The normalized spacial score (nSPS) is 15.7. The van der Waals surface area contributed by atoms with E-state index >= 15 is 0 Å². The Kier molecular flexibility index (Phi) is 4.50. The molecule has 0 saturated carbocycles. The molecule has 1 unspecified atom stereocenters. The third-order valence-electron chi connectivity index (χ3n) is 1.33. The van der Waals surface area contributed by atoms with Crippen LogP contribution in [0.2, 0.25) is 0 Å². The Morgan fingerprint density at radius 2 is 1.85 bits per heavy atom. The van der Waals surface area contributed by atoms with Gasteiger partial charge >= 0.3 is 7.60 Å². The molecule has 0 aliphatic heterocycles. The van der Waals surface area contributed by atoms with Crippen LogP contribution < -0.4 is 5.73 Å². The van der Waals surface area contributed by atoms with Crippen LogP contribution in [0.15, 0.2) is 0 Å². The Labute approximate surface area is 75.9 Å². The number of hydrogen-bond donors (Lipinski definition) is 4. The molecule has 0 heterocycles. The van der Waals surface area contributed by atoms with Gasteiger partial charge in [0.1, 0.15) is 5.78 Å². The highest BCUT2D eigenvalue weighted by Crippen LogP contribution is 2.40. The lowest BCUT2D eigenvalue weighted by molar-refractivity contribution is 0.354. The third-order valence-corrected chi connectivity index (χ3v) is 3.26. The topological polar surface area (TPSA) is 138 Å². The van der Waals surface area contributed by atoms with Gasteiger partial charge in [0.25, 0.3) is 10.1 Å². The van der Waals surface area contributed by atoms with Crippen molar-refractivity contribution < 1.29 is 27.3 Å². The van der Waals surface area contributed by atoms with Crippen molar-refractivity contribution in [2.45, 2.75) is 18.6 Å². The summed E-state index contributed by atoms with van der Waals surface area (Å²) >= 11 is 0. The van der Waals surface area contributed by atoms with Crippen LogP contribution in [0.5, 0.6) is 0 Å². The summed E-state index contributed by atoms with van der Waals surface area (Å²) in [5.74, 6) is -1.91. The summed E-state index contributed by atoms with van der Waals surface area (Å²) in [5.41, 5.74) is 5.04. The van der Waals surface area contributed by atoms with E-state index in [4.69, 9.17) is 20.1 Å². The fourth-order valence-corrected chi connectivity index (χ4v) is 1.69. The Hall–Kier alpha value is 0.0200. The van der Waals surface area contributed by atoms with E-state index < -0.39 is 29.2 Å². The molecule has 0 aliphatic carbocycles. The van der Waals surface area contributed by atoms with Crippen molar-refractivity contribution >= 4 is 17.7 Å². The predicted octanol–water partition coefficient (Wildman–Crippen LogP) is -0.883. The Morgan fingerprint density at radius 1 is 1.38 bits per heavy atom. The summed E-state index contributed by atoms with van der Waals surface area (Å²) in [5, 5.41) is 0. The second-order valence-electron chi connectivity index (χ2n) is 2.58. The minimum atomic E-state index is -4.34. The van der Waals surface area contributed by atoms with Crippen LogP contribution in [0.25, 0.3) is 0 Å². The molecule has 0 aliphatic rings. The Bertz CT molecular complexity index is 294. The minimum Gasteiger partial charge on any atom is -0.323 e. The average Bonchev–Trinajstić information content (AvgIpc) is 1.82. The molecular formula is C4H12NO6PS. The van der Waals surface area contributed by atoms with E-state index in [0.717, 1.165) is 0 Å². The molecule has 0 spiro atoms. The molecule has 0 saturated heterocycles. The number of rotatable bonds is 5. The number of hydrogen-bond acceptors (Lipinski definition) is 4. The molecule has 0 bridgehead atoms. The van der Waals surface area contributed by atoms with Gasteiger partial charge in [-0.3, -0.25) is 9.12 Å². The van der Waals surface area contributed by atoms with Gasteiger partial charge in [-0.25, -0.2) is 0 Å². The zero-order valence-corrected chi connectivity index (χ0v) is 8.41. The Balaban J connectivity index is 3.87. The highest BCUT2D eigenvalue weighted by atomic mass is 32.2. The largest absolute Gasteiger partial charge is 0.342 e. The van der Waals surface area contributed by atoms with E-state index in [1.165, 1.54) is 0 Å². The summed E-state index contributed by atoms with van der Waals surface area (Å²) in [6.45, 7) is 0. The van der Waals surface area contributed by atoms with E-state index in [-0.39, 0.29) is 12.8 Å². The molecule has 0 rings (SSSR count). The first-order valence-electron chi connectivity index (χ1n) is 3.39. The maximum absolute atomic E-state index is 10.4. The molecule has 80 valence electrons. The van der Waals surface area contributed by atoms with Gasteiger partial charge in [0, 0.05) is 0 Å². The first-order valence-corrected chi connectivity index (χ1v) is 6.68. The van der Waals surface area contributed by atoms with E-state index in [0.29, 0.717) is 0 Å². The molecule has 1 atom stereocenters. The summed E-state index contributed by atoms with van der Waals surface area (Å²) < 4.78 is 39.1. The van der Waals surface area contributed by atoms with E-state index in [1.807, 2.05) is 0 Å². The summed E-state index contributed by atoms with van der Waals surface area (Å²) in [4.78, 5) is 17.0. The van der Waals surface area contributed by atoms with Crippen molar-refractivity contribution in [2.24, 2.45) is 5.73 Å². The predicted molar refractivity (Wildman–Crippen MR) is 45.7 cm³/mol. The van der Waals surface area contributed by atoms with Crippen LogP contribution in [-0.4, -0.2) is 34.3 Å². The first-order chi connectivity index (χ1) is 5.63. The van der Waals surface area contributed by atoms with Crippen LogP contribution >= 0.6 is 7.60 Å². The van der Waals surface area contributed by atoms with Crippen LogP contribution in [0.4, 0.5) is 0 Å². The highest BCUT2D eigenvalue weighted by molar-refractivity contribution is 7.85. The molecule has 0 aromatic carbocycles. The van der Waals surface area contributed by atoms with E-state index in [9.17, 15) is 13.0 Å². The average molecular weight is 233 g/mol. The molecule has 9 heteroatoms. The SMILES string of the molecule is NC(CCCS(=O)(=O)O)P(=O)(O)O. The van der Waals surface area contributed by atoms with Gasteiger partial charge in [-0.1, -0.05) is 0 Å². The maximum atomic E-state index is 10.4. The minimum absolute atomic E-state index is 0.0783. The lowest BCUT2D eigenvalue weighted by Crippen LogP contribution is -2.21. The summed E-state index contributed by atoms with van der Waals surface area (Å²) in [6.07, 6.45) is -0.227. The van der Waals surface area contributed by atoms with Gasteiger partial charge in [0.05, 0.1) is 5.75 Å². The molecule has 13 heavy (non-hydrogen) atoms. The van der Waals surface area contributed by atoms with Crippen molar-refractivity contribution in [3.05, 3.63) is 0 Å². The molecular weight excluding hydrogens is 221 g/mol. The van der Waals surface area contributed by atoms with Gasteiger partial charge in [0.15, 0.2) is 0 Å². The van der Waals surface area contributed by atoms with Crippen LogP contribution in [-0.2, 0) is 14.7 Å². The van der Waals surface area contributed by atoms with Gasteiger partial charge in [-0.05, 0) is 12.8 Å². The quantitative estimate of drug-likeness (QED) is 0.357. The standard InChI is InChI=1S/C4H12NO6PS/c5-4(12(6,7)8)2-1-3-13(9,10)11/h4H,1-3,5H2,(H2,6,7,8)(H,9,10,11). The Morgan fingerprint density at radius 3 is 2.15 bits per heavy atom. The van der Waals surface area contributed by atoms with Crippen molar-refractivity contribution in [2.75, 3.05) is 5.75 Å². The second kappa shape index (κ2) is 4.50. The van der Waals surface area contributed by atoms with Gasteiger partial charge in [-0.15, -0.1) is 0 Å². The lowest BCUT2D eigenvalue weighted by Gasteiger charge is -2.11. The van der Waals surface area contributed by atoms with Gasteiger partial charge in [0.2, 0.25) is 0 Å².